The molecule has 0 atom stereocenters. The summed E-state index contributed by atoms with van der Waals surface area (Å²) in [5.74, 6) is 1.99. The number of alkyl halides is 1. The Morgan fingerprint density at radius 3 is 2.72 bits per heavy atom. The summed E-state index contributed by atoms with van der Waals surface area (Å²) < 4.78 is 10.8. The van der Waals surface area contributed by atoms with Gasteiger partial charge in [-0.25, -0.2) is 0 Å². The molecule has 18 heavy (non-hydrogen) atoms. The molecule has 0 aliphatic heterocycles. The zero-order valence-electron chi connectivity index (χ0n) is 10.9. The van der Waals surface area contributed by atoms with Crippen LogP contribution in [0.15, 0.2) is 36.4 Å². The van der Waals surface area contributed by atoms with E-state index in [1.165, 1.54) is 5.57 Å². The molecule has 0 N–H and O–H groups in total. The van der Waals surface area contributed by atoms with Crippen LogP contribution >= 0.6 is 11.6 Å². The van der Waals surface area contributed by atoms with Crippen LogP contribution < -0.4 is 9.47 Å². The summed E-state index contributed by atoms with van der Waals surface area (Å²) in [6.45, 7) is 6.18. The van der Waals surface area contributed by atoms with E-state index in [0.717, 1.165) is 23.5 Å². The summed E-state index contributed by atoms with van der Waals surface area (Å²) in [6.07, 6.45) is 4.73. The van der Waals surface area contributed by atoms with Crippen LogP contribution in [-0.4, -0.2) is 19.6 Å². The van der Waals surface area contributed by atoms with Crippen LogP contribution in [0.1, 0.15) is 18.9 Å². The van der Waals surface area contributed by atoms with Gasteiger partial charge < -0.3 is 9.47 Å². The smallest absolute Gasteiger partial charge is 0.161 e. The van der Waals surface area contributed by atoms with Crippen molar-refractivity contribution < 1.29 is 9.47 Å². The van der Waals surface area contributed by atoms with Gasteiger partial charge in [0.15, 0.2) is 11.5 Å². The summed E-state index contributed by atoms with van der Waals surface area (Å²) in [7, 11) is 1.63. The lowest BCUT2D eigenvalue weighted by Gasteiger charge is -2.10. The zero-order valence-corrected chi connectivity index (χ0v) is 11.7. The number of benzene rings is 1. The second-order valence-corrected chi connectivity index (χ2v) is 4.07. The van der Waals surface area contributed by atoms with Crippen LogP contribution in [0.2, 0.25) is 0 Å². The summed E-state index contributed by atoms with van der Waals surface area (Å²) in [5.41, 5.74) is 2.26. The molecule has 0 bridgehead atoms. The lowest BCUT2D eigenvalue weighted by Crippen LogP contribution is -1.96. The van der Waals surface area contributed by atoms with Gasteiger partial charge in [-0.1, -0.05) is 37.3 Å². The molecular formula is C15H19ClO2. The number of methoxy groups -OCH3 is 1. The summed E-state index contributed by atoms with van der Waals surface area (Å²) in [4.78, 5) is 0. The summed E-state index contributed by atoms with van der Waals surface area (Å²) >= 11 is 5.86. The molecule has 0 fully saturated rings. The van der Waals surface area contributed by atoms with Gasteiger partial charge in [-0.2, -0.15) is 0 Å². The Morgan fingerprint density at radius 2 is 2.17 bits per heavy atom. The van der Waals surface area contributed by atoms with Crippen molar-refractivity contribution in [3.8, 4) is 11.5 Å². The van der Waals surface area contributed by atoms with Crippen molar-refractivity contribution in [2.24, 2.45) is 0 Å². The maximum absolute atomic E-state index is 5.86. The minimum absolute atomic E-state index is 0.466. The normalized spacial score (nSPS) is 11.2. The molecule has 0 radical (unpaired) electrons. The largest absolute Gasteiger partial charge is 0.493 e. The lowest BCUT2D eigenvalue weighted by atomic mass is 10.1. The van der Waals surface area contributed by atoms with Crippen LogP contribution in [-0.2, 0) is 0 Å². The van der Waals surface area contributed by atoms with E-state index in [9.17, 15) is 0 Å². The number of hydrogen-bond acceptors (Lipinski definition) is 2. The molecule has 0 aliphatic carbocycles. The van der Waals surface area contributed by atoms with Crippen molar-refractivity contribution in [1.29, 1.82) is 0 Å². The predicted molar refractivity (Wildman–Crippen MR) is 77.7 cm³/mol. The quantitative estimate of drug-likeness (QED) is 0.541. The Morgan fingerprint density at radius 1 is 1.39 bits per heavy atom. The first kappa shape index (κ1) is 14.7. The van der Waals surface area contributed by atoms with Crippen molar-refractivity contribution in [1.82, 2.24) is 0 Å². The van der Waals surface area contributed by atoms with E-state index in [-0.39, 0.29) is 0 Å². The fraction of sp³-hybridized carbons (Fsp3) is 0.333. The maximum Gasteiger partial charge on any atom is 0.161 e. The van der Waals surface area contributed by atoms with Gasteiger partial charge in [-0.05, 0) is 24.1 Å². The van der Waals surface area contributed by atoms with Crippen LogP contribution in [0.3, 0.4) is 0 Å². The molecule has 1 rings (SSSR count). The fourth-order valence-corrected chi connectivity index (χ4v) is 1.78. The molecule has 1 aromatic rings. The zero-order chi connectivity index (χ0) is 13.4. The first-order chi connectivity index (χ1) is 8.74. The summed E-state index contributed by atoms with van der Waals surface area (Å²) in [5, 5.41) is 0. The van der Waals surface area contributed by atoms with Crippen LogP contribution in [0.25, 0.3) is 6.08 Å². The molecule has 0 spiro atoms. The van der Waals surface area contributed by atoms with Gasteiger partial charge in [0.2, 0.25) is 0 Å². The van der Waals surface area contributed by atoms with Gasteiger partial charge in [0.1, 0.15) is 6.61 Å². The van der Waals surface area contributed by atoms with E-state index in [1.807, 2.05) is 18.2 Å². The Hall–Kier alpha value is -1.41. The van der Waals surface area contributed by atoms with Crippen molar-refractivity contribution in [2.45, 2.75) is 13.3 Å². The number of rotatable bonds is 7. The molecule has 0 amide bonds. The highest BCUT2D eigenvalue weighted by Crippen LogP contribution is 2.29. The average molecular weight is 267 g/mol. The Labute approximate surface area is 114 Å². The van der Waals surface area contributed by atoms with Crippen molar-refractivity contribution in [3.63, 3.8) is 0 Å². The molecule has 0 saturated heterocycles. The first-order valence-corrected chi connectivity index (χ1v) is 6.45. The van der Waals surface area contributed by atoms with Crippen LogP contribution in [0, 0.1) is 0 Å². The number of hydrogen-bond donors (Lipinski definition) is 0. The minimum atomic E-state index is 0.466. The number of allylic oxidation sites excluding steroid dienone is 1. The van der Waals surface area contributed by atoms with E-state index in [0.29, 0.717) is 12.5 Å². The second-order valence-electron chi connectivity index (χ2n) is 3.80. The Bertz CT molecular complexity index is 419. The molecular weight excluding hydrogens is 248 g/mol. The van der Waals surface area contributed by atoms with E-state index in [4.69, 9.17) is 21.1 Å². The standard InChI is InChI=1S/C15H19ClO2/c1-4-8-18-14-7-6-13(10-15(14)17-3)9-12(5-2)11-16/h4,6-7,9-10H,1,5,8,11H2,2-3H3. The molecule has 0 aromatic heterocycles. The van der Waals surface area contributed by atoms with Gasteiger partial charge in [-0.15, -0.1) is 11.6 Å². The Kier molecular flexibility index (Phi) is 6.37. The van der Waals surface area contributed by atoms with Crippen molar-refractivity contribution in [2.75, 3.05) is 19.6 Å². The minimum Gasteiger partial charge on any atom is -0.493 e. The topological polar surface area (TPSA) is 18.5 Å². The number of halogens is 1. The van der Waals surface area contributed by atoms with Crippen molar-refractivity contribution >= 4 is 17.7 Å². The van der Waals surface area contributed by atoms with E-state index in [1.54, 1.807) is 13.2 Å². The molecule has 0 saturated carbocycles. The SMILES string of the molecule is C=CCOc1ccc(C=C(CC)CCl)cc1OC. The number of ether oxygens (including phenoxy) is 2. The van der Waals surface area contributed by atoms with E-state index in [2.05, 4.69) is 19.6 Å². The summed E-state index contributed by atoms with van der Waals surface area (Å²) in [6, 6.07) is 5.83. The van der Waals surface area contributed by atoms with Gasteiger partial charge in [-0.3, -0.25) is 0 Å². The fourth-order valence-electron chi connectivity index (χ4n) is 1.51. The molecule has 0 heterocycles. The average Bonchev–Trinajstić information content (AvgIpc) is 2.42. The van der Waals surface area contributed by atoms with Gasteiger partial charge >= 0.3 is 0 Å². The van der Waals surface area contributed by atoms with E-state index < -0.39 is 0 Å². The first-order valence-electron chi connectivity index (χ1n) is 5.92. The van der Waals surface area contributed by atoms with Gasteiger partial charge in [0.05, 0.1) is 7.11 Å². The van der Waals surface area contributed by atoms with E-state index >= 15 is 0 Å². The third-order valence-electron chi connectivity index (χ3n) is 2.54. The lowest BCUT2D eigenvalue weighted by molar-refractivity contribution is 0.326. The highest BCUT2D eigenvalue weighted by molar-refractivity contribution is 6.19. The molecule has 98 valence electrons. The molecule has 2 nitrogen and oxygen atoms in total. The molecule has 0 aliphatic rings. The second kappa shape index (κ2) is 7.83. The van der Waals surface area contributed by atoms with Gasteiger partial charge in [0, 0.05) is 5.88 Å². The molecule has 0 unspecified atom stereocenters. The highest BCUT2D eigenvalue weighted by atomic mass is 35.5. The van der Waals surface area contributed by atoms with Gasteiger partial charge in [0.25, 0.3) is 0 Å². The van der Waals surface area contributed by atoms with Crippen LogP contribution in [0.4, 0.5) is 0 Å². The molecule has 3 heteroatoms. The Balaban J connectivity index is 2.97. The third kappa shape index (κ3) is 4.11. The maximum atomic E-state index is 5.86. The van der Waals surface area contributed by atoms with Crippen LogP contribution in [0.5, 0.6) is 11.5 Å². The highest BCUT2D eigenvalue weighted by Gasteiger charge is 2.04. The predicted octanol–water partition coefficient (Wildman–Crippen LogP) is 4.29. The monoisotopic (exact) mass is 266 g/mol. The molecule has 1 aromatic carbocycles. The van der Waals surface area contributed by atoms with Crippen molar-refractivity contribution in [3.05, 3.63) is 42.0 Å². The third-order valence-corrected chi connectivity index (χ3v) is 2.88.